The van der Waals surface area contributed by atoms with Crippen molar-refractivity contribution in [1.82, 2.24) is 0 Å². The average molecular weight is 458 g/mol. The molecule has 0 N–H and O–H groups in total. The number of ether oxygens (including phenoxy) is 3. The normalized spacial score (nSPS) is 10.3. The molecule has 0 aliphatic rings. The Morgan fingerprint density at radius 1 is 0.794 bits per heavy atom. The molecule has 0 saturated carbocycles. The molecule has 0 aromatic heterocycles. The molecule has 0 spiro atoms. The molecular weight excluding hydrogens is 430 g/mol. The highest BCUT2D eigenvalue weighted by Gasteiger charge is 2.16. The fourth-order valence-electron chi connectivity index (χ4n) is 3.36. The maximum Gasteiger partial charge on any atom is 0.343 e. The van der Waals surface area contributed by atoms with E-state index >= 15 is 0 Å². The predicted octanol–water partition coefficient (Wildman–Crippen LogP) is 6.13. The number of nitrogens with zero attached hydrogens (tertiary/aromatic N) is 1. The van der Waals surface area contributed by atoms with E-state index in [-0.39, 0.29) is 17.1 Å². The van der Waals surface area contributed by atoms with Crippen molar-refractivity contribution < 1.29 is 23.8 Å². The molecule has 0 radical (unpaired) electrons. The average Bonchev–Trinajstić information content (AvgIpc) is 2.87. The van der Waals surface area contributed by atoms with E-state index < -0.39 is 11.9 Å². The van der Waals surface area contributed by atoms with Crippen LogP contribution in [-0.4, -0.2) is 19.0 Å². The topological polar surface area (TPSA) is 85.6 Å². The Morgan fingerprint density at radius 2 is 1.47 bits per heavy atom. The smallest absolute Gasteiger partial charge is 0.343 e. The Labute approximate surface area is 199 Å². The minimum atomic E-state index is -0.604. The van der Waals surface area contributed by atoms with E-state index in [0.29, 0.717) is 16.9 Å². The van der Waals surface area contributed by atoms with Crippen molar-refractivity contribution in [3.05, 3.63) is 89.0 Å². The van der Waals surface area contributed by atoms with Crippen molar-refractivity contribution in [3.8, 4) is 23.3 Å². The zero-order valence-electron chi connectivity index (χ0n) is 19.4. The maximum atomic E-state index is 12.6. The largest absolute Gasteiger partial charge is 0.493 e. The van der Waals surface area contributed by atoms with Gasteiger partial charge in [0.15, 0.2) is 11.5 Å². The number of aryl methyl sites for hydroxylation is 1. The molecule has 0 heterocycles. The number of unbranched alkanes of at least 4 members (excludes halogenated alkanes) is 3. The maximum absolute atomic E-state index is 12.6. The molecule has 0 atom stereocenters. The molecule has 0 aliphatic carbocycles. The van der Waals surface area contributed by atoms with Crippen LogP contribution in [0.1, 0.15) is 64.4 Å². The minimum Gasteiger partial charge on any atom is -0.493 e. The van der Waals surface area contributed by atoms with Crippen LogP contribution in [-0.2, 0) is 6.42 Å². The number of benzene rings is 3. The van der Waals surface area contributed by atoms with E-state index in [1.165, 1.54) is 74.4 Å². The van der Waals surface area contributed by atoms with Gasteiger partial charge in [0.25, 0.3) is 0 Å². The predicted molar refractivity (Wildman–Crippen MR) is 128 cm³/mol. The number of methoxy groups -OCH3 is 1. The summed E-state index contributed by atoms with van der Waals surface area (Å²) in [5.74, 6) is -0.302. The van der Waals surface area contributed by atoms with E-state index in [0.717, 1.165) is 12.8 Å². The van der Waals surface area contributed by atoms with Crippen LogP contribution < -0.4 is 14.2 Å². The first-order chi connectivity index (χ1) is 16.5. The lowest BCUT2D eigenvalue weighted by atomic mass is 10.1. The van der Waals surface area contributed by atoms with Crippen molar-refractivity contribution >= 4 is 11.9 Å². The summed E-state index contributed by atoms with van der Waals surface area (Å²) in [5.41, 5.74) is 2.21. The van der Waals surface area contributed by atoms with Crippen LogP contribution in [0.2, 0.25) is 0 Å². The quantitative estimate of drug-likeness (QED) is 0.207. The third kappa shape index (κ3) is 6.69. The second-order valence-electron chi connectivity index (χ2n) is 7.79. The van der Waals surface area contributed by atoms with Crippen molar-refractivity contribution in [3.63, 3.8) is 0 Å². The Bertz CT molecular complexity index is 1160. The third-order valence-corrected chi connectivity index (χ3v) is 5.30. The van der Waals surface area contributed by atoms with E-state index in [4.69, 9.17) is 19.5 Å². The van der Waals surface area contributed by atoms with Crippen LogP contribution in [0.5, 0.6) is 17.2 Å². The highest BCUT2D eigenvalue weighted by atomic mass is 16.6. The molecule has 174 valence electrons. The molecular formula is C28H27NO5. The molecule has 0 bridgehead atoms. The summed E-state index contributed by atoms with van der Waals surface area (Å²) in [7, 11) is 1.42. The lowest BCUT2D eigenvalue weighted by Crippen LogP contribution is -2.11. The SMILES string of the molecule is CCCCCCc1ccc(OC(=O)c2ccc(OC(=O)c3ccc(C#N)cc3)c(OC)c2)cc1. The number of hydrogen-bond acceptors (Lipinski definition) is 6. The fraction of sp³-hybridized carbons (Fsp3) is 0.250. The Balaban J connectivity index is 1.63. The number of hydrogen-bond donors (Lipinski definition) is 0. The summed E-state index contributed by atoms with van der Waals surface area (Å²) in [5, 5.41) is 8.87. The molecule has 0 fully saturated rings. The first-order valence-electron chi connectivity index (χ1n) is 11.3. The van der Waals surface area contributed by atoms with Gasteiger partial charge >= 0.3 is 11.9 Å². The molecule has 3 aromatic rings. The summed E-state index contributed by atoms with van der Waals surface area (Å²) in [6.07, 6.45) is 5.82. The van der Waals surface area contributed by atoms with E-state index in [1.807, 2.05) is 18.2 Å². The zero-order valence-corrected chi connectivity index (χ0v) is 19.4. The van der Waals surface area contributed by atoms with Crippen molar-refractivity contribution in [2.45, 2.75) is 39.0 Å². The third-order valence-electron chi connectivity index (χ3n) is 5.30. The van der Waals surface area contributed by atoms with E-state index in [2.05, 4.69) is 6.92 Å². The Morgan fingerprint density at radius 3 is 2.12 bits per heavy atom. The van der Waals surface area contributed by atoms with Crippen LogP contribution in [0.25, 0.3) is 0 Å². The first-order valence-corrected chi connectivity index (χ1v) is 11.3. The standard InChI is InChI=1S/C28H27NO5/c1-3-4-5-6-7-20-10-15-24(16-11-20)33-28(31)23-14-17-25(26(18-23)32-2)34-27(30)22-12-8-21(19-29)9-13-22/h8-18H,3-7H2,1-2H3. The van der Waals surface area contributed by atoms with Gasteiger partial charge in [-0.2, -0.15) is 5.26 Å². The van der Waals surface area contributed by atoms with Gasteiger partial charge in [-0.3, -0.25) is 0 Å². The molecule has 6 heteroatoms. The second-order valence-corrected chi connectivity index (χ2v) is 7.79. The van der Waals surface area contributed by atoms with Crippen molar-refractivity contribution in [2.24, 2.45) is 0 Å². The molecule has 6 nitrogen and oxygen atoms in total. The molecule has 0 amide bonds. The van der Waals surface area contributed by atoms with Crippen LogP contribution in [0.3, 0.4) is 0 Å². The number of carbonyl (C=O) groups is 2. The van der Waals surface area contributed by atoms with Gasteiger partial charge in [0.1, 0.15) is 5.75 Å². The number of carbonyl (C=O) groups excluding carboxylic acids is 2. The van der Waals surface area contributed by atoms with Crippen molar-refractivity contribution in [2.75, 3.05) is 7.11 Å². The van der Waals surface area contributed by atoms with Crippen LogP contribution in [0, 0.1) is 11.3 Å². The first kappa shape index (κ1) is 24.5. The fourth-order valence-corrected chi connectivity index (χ4v) is 3.36. The highest BCUT2D eigenvalue weighted by Crippen LogP contribution is 2.29. The second kappa shape index (κ2) is 12.2. The molecule has 0 saturated heterocycles. The summed E-state index contributed by atoms with van der Waals surface area (Å²) < 4.78 is 16.2. The summed E-state index contributed by atoms with van der Waals surface area (Å²) in [4.78, 5) is 25.0. The van der Waals surface area contributed by atoms with Gasteiger partial charge in [0, 0.05) is 0 Å². The van der Waals surface area contributed by atoms with Crippen molar-refractivity contribution in [1.29, 1.82) is 5.26 Å². The summed E-state index contributed by atoms with van der Waals surface area (Å²) >= 11 is 0. The number of rotatable bonds is 10. The minimum absolute atomic E-state index is 0.167. The number of esters is 2. The van der Waals surface area contributed by atoms with Gasteiger partial charge in [-0.1, -0.05) is 38.3 Å². The summed E-state index contributed by atoms with van der Waals surface area (Å²) in [6.45, 7) is 2.19. The van der Waals surface area contributed by atoms with Crippen LogP contribution in [0.15, 0.2) is 66.7 Å². The molecule has 34 heavy (non-hydrogen) atoms. The molecule has 3 rings (SSSR count). The van der Waals surface area contributed by atoms with Gasteiger partial charge in [-0.15, -0.1) is 0 Å². The summed E-state index contributed by atoms with van der Waals surface area (Å²) in [6, 6.07) is 20.1. The highest BCUT2D eigenvalue weighted by molar-refractivity contribution is 5.93. The van der Waals surface area contributed by atoms with Gasteiger partial charge in [-0.25, -0.2) is 9.59 Å². The lowest BCUT2D eigenvalue weighted by Gasteiger charge is -2.11. The monoisotopic (exact) mass is 457 g/mol. The molecule has 0 aliphatic heterocycles. The Hall–Kier alpha value is -4.11. The van der Waals surface area contributed by atoms with E-state index in [1.54, 1.807) is 12.1 Å². The van der Waals surface area contributed by atoms with E-state index in [9.17, 15) is 9.59 Å². The molecule has 0 unspecified atom stereocenters. The van der Waals surface area contributed by atoms with Gasteiger partial charge in [0.05, 0.1) is 29.9 Å². The van der Waals surface area contributed by atoms with Crippen LogP contribution >= 0.6 is 0 Å². The lowest BCUT2D eigenvalue weighted by molar-refractivity contribution is 0.0728. The van der Waals surface area contributed by atoms with Gasteiger partial charge in [0.2, 0.25) is 0 Å². The van der Waals surface area contributed by atoms with Gasteiger partial charge < -0.3 is 14.2 Å². The zero-order chi connectivity index (χ0) is 24.3. The number of nitriles is 1. The van der Waals surface area contributed by atoms with Gasteiger partial charge in [-0.05, 0) is 73.0 Å². The Kier molecular flexibility index (Phi) is 8.81. The molecule has 3 aromatic carbocycles. The van der Waals surface area contributed by atoms with Crippen LogP contribution in [0.4, 0.5) is 0 Å².